The molecule has 2 rings (SSSR count). The van der Waals surface area contributed by atoms with Gasteiger partial charge in [-0.2, -0.15) is 4.98 Å². The maximum atomic E-state index is 5.39. The zero-order valence-electron chi connectivity index (χ0n) is 10.3. The molecule has 1 N–H and O–H groups in total. The predicted molar refractivity (Wildman–Crippen MR) is 62.7 cm³/mol. The van der Waals surface area contributed by atoms with E-state index < -0.39 is 0 Å². The zero-order chi connectivity index (χ0) is 11.6. The Morgan fingerprint density at radius 1 is 1.44 bits per heavy atom. The molecule has 0 radical (unpaired) electrons. The highest BCUT2D eigenvalue weighted by Gasteiger charge is 2.36. The normalized spacial score (nSPS) is 24.9. The van der Waals surface area contributed by atoms with Crippen molar-refractivity contribution in [3.63, 3.8) is 0 Å². The second-order valence-electron chi connectivity index (χ2n) is 4.56. The van der Waals surface area contributed by atoms with Crippen molar-refractivity contribution in [3.8, 4) is 0 Å². The van der Waals surface area contributed by atoms with Crippen LogP contribution in [0.25, 0.3) is 0 Å². The molecule has 0 bridgehead atoms. The molecule has 1 aromatic heterocycles. The van der Waals surface area contributed by atoms with Crippen molar-refractivity contribution in [1.82, 2.24) is 15.5 Å². The minimum Gasteiger partial charge on any atom is -0.339 e. The van der Waals surface area contributed by atoms with Crippen molar-refractivity contribution in [3.05, 3.63) is 5.89 Å². The third-order valence-electron chi connectivity index (χ3n) is 3.35. The molecule has 2 heterocycles. The van der Waals surface area contributed by atoms with Crippen LogP contribution in [0.15, 0.2) is 4.52 Å². The third kappa shape index (κ3) is 1.91. The first-order valence-electron chi connectivity index (χ1n) is 5.99. The van der Waals surface area contributed by atoms with Gasteiger partial charge in [-0.25, -0.2) is 0 Å². The van der Waals surface area contributed by atoms with Gasteiger partial charge < -0.3 is 14.7 Å². The minimum absolute atomic E-state index is 0.0123. The van der Waals surface area contributed by atoms with Gasteiger partial charge in [0, 0.05) is 19.6 Å². The van der Waals surface area contributed by atoms with Crippen LogP contribution in [0.5, 0.6) is 0 Å². The monoisotopic (exact) mass is 224 g/mol. The fourth-order valence-corrected chi connectivity index (χ4v) is 2.10. The lowest BCUT2D eigenvalue weighted by Crippen LogP contribution is -2.26. The molecule has 16 heavy (non-hydrogen) atoms. The zero-order valence-corrected chi connectivity index (χ0v) is 10.3. The molecule has 1 aliphatic heterocycles. The summed E-state index contributed by atoms with van der Waals surface area (Å²) in [6.45, 7) is 10.1. The molecule has 1 fully saturated rings. The molecule has 0 saturated carbocycles. The second kappa shape index (κ2) is 4.41. The summed E-state index contributed by atoms with van der Waals surface area (Å²) in [5.74, 6) is 1.48. The van der Waals surface area contributed by atoms with Gasteiger partial charge in [0.25, 0.3) is 5.95 Å². The summed E-state index contributed by atoms with van der Waals surface area (Å²) >= 11 is 0. The Labute approximate surface area is 96.2 Å². The van der Waals surface area contributed by atoms with Gasteiger partial charge in [-0.3, -0.25) is 0 Å². The van der Waals surface area contributed by atoms with E-state index in [-0.39, 0.29) is 5.41 Å². The van der Waals surface area contributed by atoms with Crippen LogP contribution in [0.3, 0.4) is 0 Å². The molecular formula is C11H20N4O. The number of anilines is 1. The van der Waals surface area contributed by atoms with E-state index >= 15 is 0 Å². The van der Waals surface area contributed by atoms with Gasteiger partial charge in [0.1, 0.15) is 0 Å². The first-order chi connectivity index (χ1) is 7.69. The first kappa shape index (κ1) is 11.4. The quantitative estimate of drug-likeness (QED) is 0.832. The Morgan fingerprint density at radius 3 is 2.75 bits per heavy atom. The average Bonchev–Trinajstić information content (AvgIpc) is 2.90. The summed E-state index contributed by atoms with van der Waals surface area (Å²) in [5, 5.41) is 7.40. The summed E-state index contributed by atoms with van der Waals surface area (Å²) in [7, 11) is 0. The molecule has 0 aromatic carbocycles. The Balaban J connectivity index is 2.18. The topological polar surface area (TPSA) is 54.2 Å². The summed E-state index contributed by atoms with van der Waals surface area (Å²) in [6, 6.07) is 0. The van der Waals surface area contributed by atoms with Crippen LogP contribution in [0.1, 0.15) is 33.1 Å². The highest BCUT2D eigenvalue weighted by Crippen LogP contribution is 2.29. The van der Waals surface area contributed by atoms with Crippen molar-refractivity contribution in [2.75, 3.05) is 31.1 Å². The van der Waals surface area contributed by atoms with E-state index in [2.05, 4.69) is 41.1 Å². The highest BCUT2D eigenvalue weighted by molar-refractivity contribution is 5.28. The maximum absolute atomic E-state index is 5.39. The van der Waals surface area contributed by atoms with Gasteiger partial charge in [-0.15, -0.1) is 0 Å². The molecule has 1 aromatic rings. The SMILES string of the molecule is CCN(CC)c1noc(C2(C)CCNC2)n1. The summed E-state index contributed by atoms with van der Waals surface area (Å²) < 4.78 is 5.39. The molecule has 0 aliphatic carbocycles. The maximum Gasteiger partial charge on any atom is 0.266 e. The lowest BCUT2D eigenvalue weighted by molar-refractivity contribution is 0.306. The molecule has 1 aliphatic rings. The van der Waals surface area contributed by atoms with E-state index in [9.17, 15) is 0 Å². The largest absolute Gasteiger partial charge is 0.339 e. The molecule has 0 spiro atoms. The standard InChI is InChI=1S/C11H20N4O/c1-4-15(5-2)10-13-9(16-14-10)11(3)6-7-12-8-11/h12H,4-8H2,1-3H3. The number of hydrogen-bond donors (Lipinski definition) is 1. The van der Waals surface area contributed by atoms with E-state index in [4.69, 9.17) is 4.52 Å². The lowest BCUT2D eigenvalue weighted by atomic mass is 9.90. The average molecular weight is 224 g/mol. The minimum atomic E-state index is 0.0123. The van der Waals surface area contributed by atoms with Crippen LogP contribution in [-0.4, -0.2) is 36.3 Å². The van der Waals surface area contributed by atoms with E-state index in [0.29, 0.717) is 5.95 Å². The summed E-state index contributed by atoms with van der Waals surface area (Å²) in [4.78, 5) is 6.61. The fraction of sp³-hybridized carbons (Fsp3) is 0.818. The summed E-state index contributed by atoms with van der Waals surface area (Å²) in [5.41, 5.74) is 0.0123. The van der Waals surface area contributed by atoms with Gasteiger partial charge in [0.2, 0.25) is 5.89 Å². The summed E-state index contributed by atoms with van der Waals surface area (Å²) in [6.07, 6.45) is 1.06. The Hall–Kier alpha value is -1.10. The van der Waals surface area contributed by atoms with Crippen LogP contribution in [-0.2, 0) is 5.41 Å². The smallest absolute Gasteiger partial charge is 0.266 e. The first-order valence-corrected chi connectivity index (χ1v) is 5.99. The van der Waals surface area contributed by atoms with Crippen LogP contribution >= 0.6 is 0 Å². The molecule has 0 amide bonds. The van der Waals surface area contributed by atoms with E-state index in [1.165, 1.54) is 0 Å². The van der Waals surface area contributed by atoms with Gasteiger partial charge in [-0.05, 0) is 38.9 Å². The van der Waals surface area contributed by atoms with Gasteiger partial charge in [-0.1, -0.05) is 0 Å². The van der Waals surface area contributed by atoms with Crippen molar-refractivity contribution >= 4 is 5.95 Å². The number of nitrogens with zero attached hydrogens (tertiary/aromatic N) is 3. The van der Waals surface area contributed by atoms with E-state index in [0.717, 1.165) is 38.5 Å². The van der Waals surface area contributed by atoms with Gasteiger partial charge >= 0.3 is 0 Å². The Morgan fingerprint density at radius 2 is 2.19 bits per heavy atom. The third-order valence-corrected chi connectivity index (χ3v) is 3.35. The molecule has 5 nitrogen and oxygen atoms in total. The molecule has 1 saturated heterocycles. The van der Waals surface area contributed by atoms with E-state index in [1.807, 2.05) is 0 Å². The van der Waals surface area contributed by atoms with Crippen LogP contribution in [0, 0.1) is 0 Å². The van der Waals surface area contributed by atoms with Crippen molar-refractivity contribution in [2.24, 2.45) is 0 Å². The number of rotatable bonds is 4. The Kier molecular flexibility index (Phi) is 3.14. The fourth-order valence-electron chi connectivity index (χ4n) is 2.10. The van der Waals surface area contributed by atoms with Crippen molar-refractivity contribution in [1.29, 1.82) is 0 Å². The molecule has 5 heteroatoms. The lowest BCUT2D eigenvalue weighted by Gasteiger charge is -2.17. The molecule has 1 unspecified atom stereocenters. The molecule has 1 atom stereocenters. The van der Waals surface area contributed by atoms with E-state index in [1.54, 1.807) is 0 Å². The predicted octanol–water partition coefficient (Wildman–Crippen LogP) is 1.17. The number of nitrogens with one attached hydrogen (secondary N) is 1. The number of hydrogen-bond acceptors (Lipinski definition) is 5. The van der Waals surface area contributed by atoms with Crippen LogP contribution in [0.4, 0.5) is 5.95 Å². The molecular weight excluding hydrogens is 204 g/mol. The molecule has 90 valence electrons. The second-order valence-corrected chi connectivity index (χ2v) is 4.56. The van der Waals surface area contributed by atoms with Crippen LogP contribution < -0.4 is 10.2 Å². The van der Waals surface area contributed by atoms with Crippen molar-refractivity contribution in [2.45, 2.75) is 32.6 Å². The van der Waals surface area contributed by atoms with Gasteiger partial charge in [0.05, 0.1) is 5.41 Å². The Bertz CT molecular complexity index is 340. The highest BCUT2D eigenvalue weighted by atomic mass is 16.5. The number of aromatic nitrogens is 2. The van der Waals surface area contributed by atoms with Crippen LogP contribution in [0.2, 0.25) is 0 Å². The van der Waals surface area contributed by atoms with Crippen molar-refractivity contribution < 1.29 is 4.52 Å². The van der Waals surface area contributed by atoms with Gasteiger partial charge in [0.15, 0.2) is 0 Å².